The van der Waals surface area contributed by atoms with E-state index in [4.69, 9.17) is 5.73 Å². The maximum atomic E-state index is 13.2. The van der Waals surface area contributed by atoms with Crippen molar-refractivity contribution in [3.63, 3.8) is 0 Å². The van der Waals surface area contributed by atoms with Gasteiger partial charge in [0.25, 0.3) is 0 Å². The minimum absolute atomic E-state index is 0.155. The average Bonchev–Trinajstić information content (AvgIpc) is 1.59. The second kappa shape index (κ2) is 2.50. The third kappa shape index (κ3) is 2.65. The van der Waals surface area contributed by atoms with Gasteiger partial charge in [0, 0.05) is 6.04 Å². The van der Waals surface area contributed by atoms with Crippen LogP contribution in [0.3, 0.4) is 0 Å². The molecule has 2 N–H and O–H groups in total. The summed E-state index contributed by atoms with van der Waals surface area (Å²) in [7, 11) is 0. The predicted octanol–water partition coefficient (Wildman–Crippen LogP) is 2.11. The first-order chi connectivity index (χ1) is 4.15. The van der Waals surface area contributed by atoms with Crippen molar-refractivity contribution >= 4 is 0 Å². The number of halogens is 1. The van der Waals surface area contributed by atoms with Crippen molar-refractivity contribution < 1.29 is 4.39 Å². The van der Waals surface area contributed by atoms with Crippen LogP contribution in [-0.2, 0) is 0 Å². The van der Waals surface area contributed by atoms with Crippen molar-refractivity contribution in [1.82, 2.24) is 0 Å². The largest absolute Gasteiger partial charge is 0.325 e. The summed E-state index contributed by atoms with van der Waals surface area (Å²) in [6.07, 6.45) is 0. The fourth-order valence-corrected chi connectivity index (χ4v) is 1.03. The summed E-state index contributed by atoms with van der Waals surface area (Å²) in [6.45, 7) is 8.86. The van der Waals surface area contributed by atoms with Gasteiger partial charge in [-0.15, -0.1) is 0 Å². The Labute approximate surface area is 62.8 Å². The molecule has 1 unspecified atom stereocenters. The van der Waals surface area contributed by atoms with Crippen molar-refractivity contribution in [2.45, 2.75) is 46.3 Å². The van der Waals surface area contributed by atoms with E-state index >= 15 is 0 Å². The summed E-state index contributed by atoms with van der Waals surface area (Å²) in [5.41, 5.74) is 4.22. The first kappa shape index (κ1) is 9.89. The smallest absolute Gasteiger partial charge is 0.121 e. The van der Waals surface area contributed by atoms with Gasteiger partial charge in [-0.2, -0.15) is 0 Å². The summed E-state index contributed by atoms with van der Waals surface area (Å²) in [6, 6.07) is -0.403. The molecule has 0 radical (unpaired) electrons. The van der Waals surface area contributed by atoms with Crippen LogP contribution in [0, 0.1) is 5.41 Å². The summed E-state index contributed by atoms with van der Waals surface area (Å²) in [5, 5.41) is 0. The van der Waals surface area contributed by atoms with Gasteiger partial charge in [0.15, 0.2) is 0 Å². The van der Waals surface area contributed by atoms with Gasteiger partial charge in [-0.25, -0.2) is 4.39 Å². The molecular formula is C8H18FN. The Morgan fingerprint density at radius 1 is 1.10 bits per heavy atom. The van der Waals surface area contributed by atoms with Crippen molar-refractivity contribution in [2.75, 3.05) is 0 Å². The minimum atomic E-state index is -1.28. The van der Waals surface area contributed by atoms with Gasteiger partial charge in [-0.3, -0.25) is 0 Å². The summed E-state index contributed by atoms with van der Waals surface area (Å²) in [4.78, 5) is 0. The fourth-order valence-electron chi connectivity index (χ4n) is 1.03. The number of hydrogen-bond acceptors (Lipinski definition) is 1. The zero-order chi connectivity index (χ0) is 8.58. The number of nitrogens with two attached hydrogens (primary N) is 1. The summed E-state index contributed by atoms with van der Waals surface area (Å²) >= 11 is 0. The lowest BCUT2D eigenvalue weighted by Gasteiger charge is -2.34. The number of hydrogen-bond donors (Lipinski definition) is 1. The van der Waals surface area contributed by atoms with E-state index in [0.29, 0.717) is 0 Å². The molecule has 0 bridgehead atoms. The Hall–Kier alpha value is -0.110. The van der Waals surface area contributed by atoms with Crippen molar-refractivity contribution in [2.24, 2.45) is 11.1 Å². The molecule has 10 heavy (non-hydrogen) atoms. The molecule has 0 aliphatic rings. The molecule has 0 aromatic carbocycles. The van der Waals surface area contributed by atoms with Crippen molar-refractivity contribution in [3.8, 4) is 0 Å². The lowest BCUT2D eigenvalue weighted by molar-refractivity contribution is 0.103. The van der Waals surface area contributed by atoms with Crippen LogP contribution < -0.4 is 5.73 Å². The molecule has 1 nitrogen and oxygen atoms in total. The first-order valence-electron chi connectivity index (χ1n) is 3.60. The zero-order valence-electron chi connectivity index (χ0n) is 7.53. The van der Waals surface area contributed by atoms with Crippen LogP contribution in [0.4, 0.5) is 4.39 Å². The third-order valence-electron chi connectivity index (χ3n) is 1.67. The Kier molecular flexibility index (Phi) is 2.47. The Morgan fingerprint density at radius 3 is 1.40 bits per heavy atom. The molecule has 0 rings (SSSR count). The molecule has 0 aromatic heterocycles. The van der Waals surface area contributed by atoms with Crippen molar-refractivity contribution in [3.05, 3.63) is 0 Å². The molecule has 0 amide bonds. The van der Waals surface area contributed by atoms with E-state index in [2.05, 4.69) is 0 Å². The fraction of sp³-hybridized carbons (Fsp3) is 1.00. The van der Waals surface area contributed by atoms with Crippen LogP contribution in [0.1, 0.15) is 34.6 Å². The third-order valence-corrected chi connectivity index (χ3v) is 1.67. The van der Waals surface area contributed by atoms with Gasteiger partial charge in [0.2, 0.25) is 0 Å². The van der Waals surface area contributed by atoms with Crippen LogP contribution in [0.5, 0.6) is 0 Å². The molecule has 2 heteroatoms. The molecule has 0 saturated carbocycles. The van der Waals surface area contributed by atoms with Gasteiger partial charge < -0.3 is 5.73 Å². The van der Waals surface area contributed by atoms with E-state index < -0.39 is 11.7 Å². The monoisotopic (exact) mass is 147 g/mol. The molecule has 62 valence electrons. The highest BCUT2D eigenvalue weighted by Gasteiger charge is 2.34. The molecule has 0 aliphatic heterocycles. The van der Waals surface area contributed by atoms with Crippen LogP contribution in [0.15, 0.2) is 0 Å². The van der Waals surface area contributed by atoms with E-state index in [1.165, 1.54) is 13.8 Å². The Balaban J connectivity index is 4.23. The van der Waals surface area contributed by atoms with Crippen LogP contribution in [-0.4, -0.2) is 11.7 Å². The molecule has 0 heterocycles. The second-order valence-electron chi connectivity index (χ2n) is 4.41. The highest BCUT2D eigenvalue weighted by molar-refractivity contribution is 4.89. The van der Waals surface area contributed by atoms with E-state index in [-0.39, 0.29) is 5.41 Å². The Bertz CT molecular complexity index is 93.4. The molecule has 0 fully saturated rings. The predicted molar refractivity (Wildman–Crippen MR) is 42.6 cm³/mol. The second-order valence-corrected chi connectivity index (χ2v) is 4.41. The molecular weight excluding hydrogens is 129 g/mol. The standard InChI is InChI=1S/C8H18FN/c1-7(2,3)6(10)8(4,5)9/h6H,10H2,1-5H3. The van der Waals surface area contributed by atoms with Gasteiger partial charge in [0.05, 0.1) is 0 Å². The SMILES string of the molecule is CC(C)(C)C(N)C(C)(C)F. The molecule has 0 aliphatic carbocycles. The van der Waals surface area contributed by atoms with Gasteiger partial charge >= 0.3 is 0 Å². The average molecular weight is 147 g/mol. The van der Waals surface area contributed by atoms with E-state index in [0.717, 1.165) is 0 Å². The van der Waals surface area contributed by atoms with E-state index in [9.17, 15) is 4.39 Å². The van der Waals surface area contributed by atoms with Crippen LogP contribution in [0.25, 0.3) is 0 Å². The van der Waals surface area contributed by atoms with E-state index in [1.54, 1.807) is 0 Å². The first-order valence-corrected chi connectivity index (χ1v) is 3.60. The number of rotatable bonds is 1. The molecule has 1 atom stereocenters. The lowest BCUT2D eigenvalue weighted by Crippen LogP contribution is -2.48. The van der Waals surface area contributed by atoms with Gasteiger partial charge in [0.1, 0.15) is 5.67 Å². The summed E-state index contributed by atoms with van der Waals surface area (Å²) < 4.78 is 13.2. The number of alkyl halides is 1. The summed E-state index contributed by atoms with van der Waals surface area (Å²) in [5.74, 6) is 0. The topological polar surface area (TPSA) is 26.0 Å². The molecule has 0 aromatic rings. The normalized spacial score (nSPS) is 17.1. The molecule has 0 saturated heterocycles. The van der Waals surface area contributed by atoms with Gasteiger partial charge in [-0.05, 0) is 19.3 Å². The zero-order valence-corrected chi connectivity index (χ0v) is 7.53. The quantitative estimate of drug-likeness (QED) is 0.604. The van der Waals surface area contributed by atoms with Crippen LogP contribution >= 0.6 is 0 Å². The van der Waals surface area contributed by atoms with Crippen molar-refractivity contribution in [1.29, 1.82) is 0 Å². The molecule has 0 spiro atoms. The van der Waals surface area contributed by atoms with Gasteiger partial charge in [-0.1, -0.05) is 20.8 Å². The highest BCUT2D eigenvalue weighted by atomic mass is 19.1. The Morgan fingerprint density at radius 2 is 1.40 bits per heavy atom. The van der Waals surface area contributed by atoms with Crippen LogP contribution in [0.2, 0.25) is 0 Å². The van der Waals surface area contributed by atoms with E-state index in [1.807, 2.05) is 20.8 Å². The highest BCUT2D eigenvalue weighted by Crippen LogP contribution is 2.28. The maximum absolute atomic E-state index is 13.2. The maximum Gasteiger partial charge on any atom is 0.121 e. The lowest BCUT2D eigenvalue weighted by atomic mass is 9.79. The minimum Gasteiger partial charge on any atom is -0.325 e.